The summed E-state index contributed by atoms with van der Waals surface area (Å²) in [7, 11) is 0. The Bertz CT molecular complexity index is 1550. The van der Waals surface area contributed by atoms with Crippen molar-refractivity contribution in [2.24, 2.45) is 0 Å². The number of pyridine rings is 1. The minimum atomic E-state index is 0.0802. The van der Waals surface area contributed by atoms with Gasteiger partial charge in [-0.05, 0) is 81.0 Å². The summed E-state index contributed by atoms with van der Waals surface area (Å²) in [6.45, 7) is 4.11. The molecule has 33 heavy (non-hydrogen) atoms. The highest BCUT2D eigenvalue weighted by atomic mass is 32.1. The topological polar surface area (TPSA) is 39.3 Å². The summed E-state index contributed by atoms with van der Waals surface area (Å²) in [4.78, 5) is 15.7. The van der Waals surface area contributed by atoms with Gasteiger partial charge in [0.05, 0.1) is 27.5 Å². The summed E-state index contributed by atoms with van der Waals surface area (Å²) in [6, 6.07) is 18.3. The zero-order valence-corrected chi connectivity index (χ0v) is 19.7. The van der Waals surface area contributed by atoms with E-state index >= 15 is 0 Å². The molecule has 1 aliphatic carbocycles. The van der Waals surface area contributed by atoms with E-state index in [-0.39, 0.29) is 5.78 Å². The first-order chi connectivity index (χ1) is 16.1. The van der Waals surface area contributed by atoms with E-state index in [0.29, 0.717) is 0 Å². The third-order valence-electron chi connectivity index (χ3n) is 6.68. The van der Waals surface area contributed by atoms with Gasteiger partial charge in [0, 0.05) is 17.1 Å². The molecule has 1 aliphatic rings. The Kier molecular flexibility index (Phi) is 4.80. The molecule has 1 aromatic carbocycles. The van der Waals surface area contributed by atoms with Gasteiger partial charge in [-0.25, -0.2) is 4.68 Å². The minimum absolute atomic E-state index is 0.0802. The Morgan fingerprint density at radius 2 is 1.85 bits per heavy atom. The second-order valence-electron chi connectivity index (χ2n) is 8.77. The molecule has 0 bridgehead atoms. The van der Waals surface area contributed by atoms with Crippen LogP contribution >= 0.6 is 11.3 Å². The molecule has 6 rings (SSSR count). The predicted octanol–water partition coefficient (Wildman–Crippen LogP) is 7.14. The zero-order chi connectivity index (χ0) is 22.5. The third-order valence-corrected chi connectivity index (χ3v) is 7.79. The lowest BCUT2D eigenvalue weighted by molar-refractivity contribution is 0.103. The van der Waals surface area contributed by atoms with E-state index in [0.717, 1.165) is 56.1 Å². The molecule has 5 aromatic rings. The average molecular weight is 452 g/mol. The number of carbonyl (C=O) groups is 1. The largest absolute Gasteiger partial charge is 0.313 e. The number of fused-ring (bicyclic) bond motifs is 2. The van der Waals surface area contributed by atoms with E-state index < -0.39 is 0 Å². The number of hydrogen-bond acceptors (Lipinski definition) is 3. The minimum Gasteiger partial charge on any atom is -0.313 e. The fourth-order valence-corrected chi connectivity index (χ4v) is 6.23. The highest BCUT2D eigenvalue weighted by Gasteiger charge is 2.26. The van der Waals surface area contributed by atoms with Crippen molar-refractivity contribution >= 4 is 38.4 Å². The van der Waals surface area contributed by atoms with E-state index in [9.17, 15) is 4.79 Å². The molecular formula is C28H25N3OS. The van der Waals surface area contributed by atoms with Crippen LogP contribution in [0.1, 0.15) is 57.9 Å². The normalized spacial score (nSPS) is 14.2. The first-order valence-corrected chi connectivity index (χ1v) is 12.3. The fourth-order valence-electron chi connectivity index (χ4n) is 5.10. The molecule has 0 amide bonds. The molecule has 0 fully saturated rings. The molecule has 0 N–H and O–H groups in total. The van der Waals surface area contributed by atoms with Crippen LogP contribution in [0.15, 0.2) is 66.9 Å². The second-order valence-corrected chi connectivity index (χ2v) is 9.80. The molecule has 0 radical (unpaired) electrons. The Morgan fingerprint density at radius 1 is 1.03 bits per heavy atom. The number of carbonyl (C=O) groups excluding carboxylic acids is 1. The Labute approximate surface area is 196 Å². The molecule has 0 aliphatic heterocycles. The smallest absolute Gasteiger partial charge is 0.220 e. The predicted molar refractivity (Wildman–Crippen MR) is 136 cm³/mol. The van der Waals surface area contributed by atoms with Gasteiger partial charge in [0.25, 0.3) is 0 Å². The maximum Gasteiger partial charge on any atom is 0.220 e. The van der Waals surface area contributed by atoms with Crippen molar-refractivity contribution in [2.45, 2.75) is 39.5 Å². The van der Waals surface area contributed by atoms with Crippen molar-refractivity contribution in [3.05, 3.63) is 94.3 Å². The van der Waals surface area contributed by atoms with E-state index in [1.54, 1.807) is 0 Å². The van der Waals surface area contributed by atoms with Crippen LogP contribution in [-0.2, 0) is 0 Å². The number of ketones is 1. The number of hydrogen-bond donors (Lipinski definition) is 0. The molecule has 164 valence electrons. The van der Waals surface area contributed by atoms with E-state index in [1.807, 2.05) is 60.3 Å². The van der Waals surface area contributed by atoms with Crippen LogP contribution in [0, 0.1) is 13.8 Å². The highest BCUT2D eigenvalue weighted by Crippen LogP contribution is 2.37. The first kappa shape index (κ1) is 20.2. The average Bonchev–Trinajstić information content (AvgIpc) is 3.51. The number of nitrogens with zero attached hydrogens (tertiary/aromatic N) is 3. The van der Waals surface area contributed by atoms with Crippen LogP contribution in [0.5, 0.6) is 0 Å². The van der Waals surface area contributed by atoms with Gasteiger partial charge in [0.15, 0.2) is 0 Å². The highest BCUT2D eigenvalue weighted by molar-refractivity contribution is 7.20. The maximum absolute atomic E-state index is 13.9. The summed E-state index contributed by atoms with van der Waals surface area (Å²) in [6.07, 6.45) is 9.05. The van der Waals surface area contributed by atoms with Crippen molar-refractivity contribution < 1.29 is 4.79 Å². The molecule has 0 saturated heterocycles. The maximum atomic E-state index is 13.9. The summed E-state index contributed by atoms with van der Waals surface area (Å²) < 4.78 is 4.04. The van der Waals surface area contributed by atoms with Crippen molar-refractivity contribution in [3.63, 3.8) is 0 Å². The molecule has 0 spiro atoms. The second kappa shape index (κ2) is 7.85. The van der Waals surface area contributed by atoms with Crippen LogP contribution < -0.4 is 0 Å². The van der Waals surface area contributed by atoms with Gasteiger partial charge < -0.3 is 4.40 Å². The third kappa shape index (κ3) is 3.18. The molecule has 0 atom stereocenters. The van der Waals surface area contributed by atoms with Gasteiger partial charge in [-0.2, -0.15) is 5.10 Å². The van der Waals surface area contributed by atoms with Crippen LogP contribution in [0.3, 0.4) is 0 Å². The molecule has 0 saturated carbocycles. The van der Waals surface area contributed by atoms with Crippen molar-refractivity contribution in [1.29, 1.82) is 0 Å². The van der Waals surface area contributed by atoms with Crippen molar-refractivity contribution in [3.8, 4) is 5.69 Å². The Balaban J connectivity index is 1.51. The number of para-hydroxylation sites is 1. The number of aryl methyl sites for hydroxylation is 1. The number of allylic oxidation sites excluding steroid dienone is 2. The van der Waals surface area contributed by atoms with Crippen LogP contribution in [0.25, 0.3) is 27.0 Å². The van der Waals surface area contributed by atoms with Gasteiger partial charge >= 0.3 is 0 Å². The summed E-state index contributed by atoms with van der Waals surface area (Å²) >= 11 is 1.53. The zero-order valence-electron chi connectivity index (χ0n) is 18.8. The molecular weight excluding hydrogens is 426 g/mol. The summed E-state index contributed by atoms with van der Waals surface area (Å²) in [5.74, 6) is 0.0802. The van der Waals surface area contributed by atoms with Crippen molar-refractivity contribution in [1.82, 2.24) is 14.2 Å². The lowest BCUT2D eigenvalue weighted by Crippen LogP contribution is -2.05. The molecule has 4 aromatic heterocycles. The monoisotopic (exact) mass is 451 g/mol. The van der Waals surface area contributed by atoms with Gasteiger partial charge in [-0.15, -0.1) is 11.3 Å². The van der Waals surface area contributed by atoms with E-state index in [4.69, 9.17) is 5.10 Å². The number of benzene rings is 1. The molecule has 0 unspecified atom stereocenters. The first-order valence-electron chi connectivity index (χ1n) is 11.5. The van der Waals surface area contributed by atoms with E-state index in [1.165, 1.54) is 35.3 Å². The lowest BCUT2D eigenvalue weighted by atomic mass is 9.91. The molecule has 4 heterocycles. The van der Waals surface area contributed by atoms with Crippen LogP contribution in [-0.4, -0.2) is 20.0 Å². The molecule has 4 nitrogen and oxygen atoms in total. The van der Waals surface area contributed by atoms with Gasteiger partial charge in [-0.3, -0.25) is 4.79 Å². The van der Waals surface area contributed by atoms with Gasteiger partial charge in [0.2, 0.25) is 5.78 Å². The number of thiophene rings is 1. The van der Waals surface area contributed by atoms with Crippen molar-refractivity contribution in [2.75, 3.05) is 0 Å². The quantitative estimate of drug-likeness (QED) is 0.272. The Morgan fingerprint density at radius 3 is 2.64 bits per heavy atom. The van der Waals surface area contributed by atoms with Gasteiger partial charge in [-0.1, -0.05) is 30.3 Å². The SMILES string of the molecule is Cc1c(C2=CCCCC2)c2ccccn2c1C(=O)c1cc2c(C)nn(-c3ccccc3)c2s1. The number of aromatic nitrogens is 3. The van der Waals surface area contributed by atoms with Crippen LogP contribution in [0.4, 0.5) is 0 Å². The van der Waals surface area contributed by atoms with Gasteiger partial charge in [0.1, 0.15) is 4.83 Å². The van der Waals surface area contributed by atoms with Crippen LogP contribution in [0.2, 0.25) is 0 Å². The van der Waals surface area contributed by atoms with E-state index in [2.05, 4.69) is 29.5 Å². The number of rotatable bonds is 4. The standard InChI is InChI=1S/C28H25N3OS/c1-18-25(20-11-5-3-6-12-20)23-15-9-10-16-30(23)26(18)27(32)24-17-22-19(2)29-31(28(22)33-24)21-13-7-4-8-14-21/h4,7-11,13-17H,3,5-6,12H2,1-2H3. The fraction of sp³-hybridized carbons (Fsp3) is 0.214. The summed E-state index contributed by atoms with van der Waals surface area (Å²) in [5.41, 5.74) is 7.55. The Hall–Kier alpha value is -3.44. The lowest BCUT2D eigenvalue weighted by Gasteiger charge is -2.13. The summed E-state index contributed by atoms with van der Waals surface area (Å²) in [5, 5.41) is 5.77. The molecule has 5 heteroatoms.